The Kier molecular flexibility index (Phi) is 6.03. The summed E-state index contributed by atoms with van der Waals surface area (Å²) in [5.74, 6) is -0.961. The summed E-state index contributed by atoms with van der Waals surface area (Å²) in [7, 11) is -3.85. The van der Waals surface area contributed by atoms with E-state index in [-0.39, 0.29) is 17.5 Å². The number of pyridine rings is 1. The Balaban J connectivity index is 1.82. The summed E-state index contributed by atoms with van der Waals surface area (Å²) < 4.78 is 25.5. The van der Waals surface area contributed by atoms with E-state index in [9.17, 15) is 18.0 Å². The average Bonchev–Trinajstić information content (AvgIpc) is 2.58. The van der Waals surface area contributed by atoms with Crippen molar-refractivity contribution in [2.45, 2.75) is 11.8 Å². The number of anilines is 1. The molecular weight excluding hydrogens is 346 g/mol. The lowest BCUT2D eigenvalue weighted by Crippen LogP contribution is -2.40. The Labute approximate surface area is 144 Å². The number of carbonyl (C=O) groups is 2. The van der Waals surface area contributed by atoms with Gasteiger partial charge in [-0.25, -0.2) is 18.6 Å². The number of hydrogen-bond acceptors (Lipinski definition) is 7. The SMILES string of the molecule is CC(=O)NS(=O)(=O)c1ccc(NCNNC(=O)c2ccncc2)cc1. The molecule has 2 aromatic rings. The van der Waals surface area contributed by atoms with E-state index >= 15 is 0 Å². The number of aromatic nitrogens is 1. The Hall–Kier alpha value is -2.98. The quantitative estimate of drug-likeness (QED) is 0.314. The second kappa shape index (κ2) is 8.22. The number of sulfonamides is 1. The second-order valence-electron chi connectivity index (χ2n) is 4.91. The topological polar surface area (TPSA) is 129 Å². The van der Waals surface area contributed by atoms with Crippen molar-refractivity contribution in [3.05, 3.63) is 54.4 Å². The Bertz CT molecular complexity index is 838. The third kappa shape index (κ3) is 5.55. The van der Waals surface area contributed by atoms with Crippen LogP contribution in [0.15, 0.2) is 53.7 Å². The van der Waals surface area contributed by atoms with Gasteiger partial charge in [0.1, 0.15) is 0 Å². The van der Waals surface area contributed by atoms with Crippen molar-refractivity contribution < 1.29 is 18.0 Å². The van der Waals surface area contributed by atoms with Crippen LogP contribution in [0.3, 0.4) is 0 Å². The van der Waals surface area contributed by atoms with Crippen LogP contribution in [0.1, 0.15) is 17.3 Å². The predicted molar refractivity (Wildman–Crippen MR) is 90.8 cm³/mol. The average molecular weight is 363 g/mol. The Morgan fingerprint density at radius 1 is 1.04 bits per heavy atom. The maximum atomic E-state index is 11.8. The van der Waals surface area contributed by atoms with Gasteiger partial charge in [-0.1, -0.05) is 0 Å². The largest absolute Gasteiger partial charge is 0.371 e. The van der Waals surface area contributed by atoms with E-state index in [1.165, 1.54) is 24.5 Å². The number of nitrogens with zero attached hydrogens (tertiary/aromatic N) is 1. The van der Waals surface area contributed by atoms with Gasteiger partial charge in [0.15, 0.2) is 0 Å². The molecule has 0 atom stereocenters. The molecule has 9 nitrogen and oxygen atoms in total. The summed E-state index contributed by atoms with van der Waals surface area (Å²) in [6, 6.07) is 8.98. The van der Waals surface area contributed by atoms with Gasteiger partial charge in [0, 0.05) is 30.6 Å². The van der Waals surface area contributed by atoms with Crippen LogP contribution in [-0.4, -0.2) is 31.9 Å². The van der Waals surface area contributed by atoms with Gasteiger partial charge in [-0.3, -0.25) is 20.0 Å². The van der Waals surface area contributed by atoms with Crippen molar-refractivity contribution in [1.29, 1.82) is 0 Å². The van der Waals surface area contributed by atoms with E-state index in [2.05, 4.69) is 21.2 Å². The van der Waals surface area contributed by atoms with Gasteiger partial charge in [-0.2, -0.15) is 0 Å². The molecule has 1 heterocycles. The monoisotopic (exact) mass is 363 g/mol. The smallest absolute Gasteiger partial charge is 0.265 e. The highest BCUT2D eigenvalue weighted by atomic mass is 32.2. The fraction of sp³-hybridized carbons (Fsp3) is 0.133. The maximum Gasteiger partial charge on any atom is 0.265 e. The van der Waals surface area contributed by atoms with Crippen LogP contribution in [0.5, 0.6) is 0 Å². The number of nitrogens with one attached hydrogen (secondary N) is 4. The lowest BCUT2D eigenvalue weighted by molar-refractivity contribution is -0.117. The molecule has 25 heavy (non-hydrogen) atoms. The molecule has 4 N–H and O–H groups in total. The number of carbonyl (C=O) groups excluding carboxylic acids is 2. The highest BCUT2D eigenvalue weighted by Crippen LogP contribution is 2.13. The van der Waals surface area contributed by atoms with Crippen LogP contribution >= 0.6 is 0 Å². The maximum absolute atomic E-state index is 11.8. The van der Waals surface area contributed by atoms with E-state index in [0.717, 1.165) is 6.92 Å². The van der Waals surface area contributed by atoms with Crippen LogP contribution in [0, 0.1) is 0 Å². The minimum atomic E-state index is -3.85. The zero-order valence-corrected chi connectivity index (χ0v) is 14.1. The van der Waals surface area contributed by atoms with E-state index in [1.54, 1.807) is 24.3 Å². The van der Waals surface area contributed by atoms with E-state index in [0.29, 0.717) is 11.3 Å². The van der Waals surface area contributed by atoms with Crippen molar-refractivity contribution in [2.75, 3.05) is 12.0 Å². The lowest BCUT2D eigenvalue weighted by Gasteiger charge is -2.10. The molecule has 0 spiro atoms. The molecule has 2 rings (SSSR count). The number of amides is 2. The summed E-state index contributed by atoms with van der Waals surface area (Å²) in [5.41, 5.74) is 6.30. The van der Waals surface area contributed by atoms with E-state index < -0.39 is 15.9 Å². The van der Waals surface area contributed by atoms with Crippen molar-refractivity contribution in [3.8, 4) is 0 Å². The summed E-state index contributed by atoms with van der Waals surface area (Å²) in [6.45, 7) is 1.34. The first-order valence-corrected chi connectivity index (χ1v) is 8.67. The summed E-state index contributed by atoms with van der Waals surface area (Å²) in [5, 5.41) is 2.95. The van der Waals surface area contributed by atoms with Crippen LogP contribution in [0.25, 0.3) is 0 Å². The van der Waals surface area contributed by atoms with Crippen LogP contribution in [0.2, 0.25) is 0 Å². The molecule has 0 aliphatic heterocycles. The first-order valence-electron chi connectivity index (χ1n) is 7.19. The number of rotatable bonds is 7. The number of hydrogen-bond donors (Lipinski definition) is 4. The minimum absolute atomic E-state index is 0.0211. The Morgan fingerprint density at radius 3 is 2.28 bits per heavy atom. The lowest BCUT2D eigenvalue weighted by atomic mass is 10.3. The summed E-state index contributed by atoms with van der Waals surface area (Å²) >= 11 is 0. The first-order chi connectivity index (χ1) is 11.9. The minimum Gasteiger partial charge on any atom is -0.371 e. The highest BCUT2D eigenvalue weighted by Gasteiger charge is 2.14. The van der Waals surface area contributed by atoms with Crippen molar-refractivity contribution in [3.63, 3.8) is 0 Å². The normalized spacial score (nSPS) is 10.8. The predicted octanol–water partition coefficient (Wildman–Crippen LogP) is 0.210. The molecule has 0 aliphatic carbocycles. The van der Waals surface area contributed by atoms with Crippen molar-refractivity contribution >= 4 is 27.5 Å². The van der Waals surface area contributed by atoms with E-state index in [1.807, 2.05) is 4.72 Å². The standard InChI is InChI=1S/C15H17N5O4S/c1-11(21)20-25(23,24)14-4-2-13(3-5-14)17-10-18-19-15(22)12-6-8-16-9-7-12/h2-9,17-18H,10H2,1H3,(H,19,22)(H,20,21). The zero-order valence-electron chi connectivity index (χ0n) is 13.3. The number of hydrazine groups is 1. The van der Waals surface area contributed by atoms with Gasteiger partial charge in [0.05, 0.1) is 11.6 Å². The molecule has 0 saturated heterocycles. The molecule has 0 aliphatic rings. The summed E-state index contributed by atoms with van der Waals surface area (Å²) in [6.07, 6.45) is 3.04. The second-order valence-corrected chi connectivity index (χ2v) is 6.59. The third-order valence-corrected chi connectivity index (χ3v) is 4.42. The van der Waals surface area contributed by atoms with Crippen molar-refractivity contribution in [1.82, 2.24) is 20.6 Å². The zero-order chi connectivity index (χ0) is 18.3. The van der Waals surface area contributed by atoms with Gasteiger partial charge in [0.2, 0.25) is 5.91 Å². The molecule has 0 saturated carbocycles. The summed E-state index contributed by atoms with van der Waals surface area (Å²) in [4.78, 5) is 26.5. The first kappa shape index (κ1) is 18.4. The molecule has 1 aromatic heterocycles. The molecular formula is C15H17N5O4S. The number of benzene rings is 1. The van der Waals surface area contributed by atoms with E-state index in [4.69, 9.17) is 0 Å². The van der Waals surface area contributed by atoms with Gasteiger partial charge >= 0.3 is 0 Å². The fourth-order valence-corrected chi connectivity index (χ4v) is 2.84. The third-order valence-electron chi connectivity index (χ3n) is 2.97. The molecule has 0 unspecified atom stereocenters. The van der Waals surface area contributed by atoms with Gasteiger partial charge < -0.3 is 5.32 Å². The van der Waals surface area contributed by atoms with Crippen LogP contribution < -0.4 is 20.9 Å². The van der Waals surface area contributed by atoms with Crippen LogP contribution in [0.4, 0.5) is 5.69 Å². The van der Waals surface area contributed by atoms with Gasteiger partial charge in [0.25, 0.3) is 15.9 Å². The molecule has 10 heteroatoms. The highest BCUT2D eigenvalue weighted by molar-refractivity contribution is 7.90. The molecule has 0 radical (unpaired) electrons. The molecule has 2 amide bonds. The molecule has 0 bridgehead atoms. The molecule has 132 valence electrons. The van der Waals surface area contributed by atoms with Gasteiger partial charge in [-0.05, 0) is 36.4 Å². The Morgan fingerprint density at radius 2 is 1.68 bits per heavy atom. The molecule has 1 aromatic carbocycles. The molecule has 0 fully saturated rings. The van der Waals surface area contributed by atoms with Crippen LogP contribution in [-0.2, 0) is 14.8 Å². The van der Waals surface area contributed by atoms with Crippen molar-refractivity contribution in [2.24, 2.45) is 0 Å². The fourth-order valence-electron chi connectivity index (χ4n) is 1.85. The van der Waals surface area contributed by atoms with Gasteiger partial charge in [-0.15, -0.1) is 0 Å².